The fraction of sp³-hybridized carbons (Fsp3) is 0.182. The van der Waals surface area contributed by atoms with Crippen molar-refractivity contribution in [1.29, 1.82) is 0 Å². The van der Waals surface area contributed by atoms with Crippen LogP contribution in [0.1, 0.15) is 17.4 Å². The van der Waals surface area contributed by atoms with Crippen LogP contribution in [-0.4, -0.2) is 17.9 Å². The van der Waals surface area contributed by atoms with Crippen molar-refractivity contribution >= 4 is 23.2 Å². The van der Waals surface area contributed by atoms with Crippen LogP contribution in [0.3, 0.4) is 0 Å². The van der Waals surface area contributed by atoms with Gasteiger partial charge < -0.3 is 4.42 Å². The lowest BCUT2D eigenvalue weighted by Gasteiger charge is -2.27. The number of fused-ring (bicyclic) bond motifs is 1. The Morgan fingerprint density at radius 1 is 0.857 bits per heavy atom. The zero-order valence-corrected chi connectivity index (χ0v) is 15.2. The number of hydroxylamine groups is 1. The maximum absolute atomic E-state index is 13.3. The third kappa shape index (κ3) is 2.46. The van der Waals surface area contributed by atoms with Crippen molar-refractivity contribution in [1.82, 2.24) is 0 Å². The van der Waals surface area contributed by atoms with Crippen LogP contribution in [-0.2, 0) is 14.4 Å². The monoisotopic (exact) mass is 374 g/mol. The minimum Gasteiger partial charge on any atom is -0.467 e. The average Bonchev–Trinajstić information content (AvgIpc) is 3.40. The maximum atomic E-state index is 13.3. The molecule has 0 saturated carbocycles. The number of carbonyl (C=O) groups excluding carboxylic acids is 2. The quantitative estimate of drug-likeness (QED) is 0.655. The van der Waals surface area contributed by atoms with Crippen LogP contribution in [0.25, 0.3) is 0 Å². The van der Waals surface area contributed by atoms with Gasteiger partial charge in [-0.2, -0.15) is 0 Å². The number of anilines is 2. The molecule has 28 heavy (non-hydrogen) atoms. The first kappa shape index (κ1) is 16.8. The summed E-state index contributed by atoms with van der Waals surface area (Å²) < 4.78 is 5.62. The number of hydrogen-bond donors (Lipinski definition) is 0. The molecule has 0 N–H and O–H groups in total. The molecular formula is C22H18N2O4. The number of benzene rings is 2. The zero-order chi connectivity index (χ0) is 19.3. The van der Waals surface area contributed by atoms with Crippen molar-refractivity contribution in [2.45, 2.75) is 19.1 Å². The molecule has 2 saturated heterocycles. The highest BCUT2D eigenvalue weighted by atomic mass is 16.7. The van der Waals surface area contributed by atoms with E-state index >= 15 is 0 Å². The first-order chi connectivity index (χ1) is 13.6. The van der Waals surface area contributed by atoms with E-state index in [1.54, 1.807) is 29.5 Å². The van der Waals surface area contributed by atoms with Crippen molar-refractivity contribution in [3.63, 3.8) is 0 Å². The number of aryl methyl sites for hydroxylation is 1. The Balaban J connectivity index is 1.57. The van der Waals surface area contributed by atoms with Gasteiger partial charge in [0.15, 0.2) is 6.10 Å². The normalized spacial score (nSPS) is 24.1. The molecule has 2 aliphatic rings. The van der Waals surface area contributed by atoms with Crippen molar-refractivity contribution in [2.75, 3.05) is 9.96 Å². The Morgan fingerprint density at radius 2 is 1.64 bits per heavy atom. The second-order valence-electron chi connectivity index (χ2n) is 7.02. The lowest BCUT2D eigenvalue weighted by atomic mass is 9.94. The highest BCUT2D eigenvalue weighted by molar-refractivity contribution is 6.23. The molecule has 6 heteroatoms. The van der Waals surface area contributed by atoms with E-state index in [0.29, 0.717) is 11.4 Å². The molecule has 140 valence electrons. The topological polar surface area (TPSA) is 63.0 Å². The Bertz CT molecular complexity index is 1030. The molecule has 2 amide bonds. The Hall–Kier alpha value is -3.38. The lowest BCUT2D eigenvalue weighted by Crippen LogP contribution is -2.37. The van der Waals surface area contributed by atoms with E-state index in [0.717, 1.165) is 11.3 Å². The Kier molecular flexibility index (Phi) is 3.80. The molecule has 3 aromatic rings. The number of hydrogen-bond acceptors (Lipinski definition) is 5. The molecular weight excluding hydrogens is 356 g/mol. The van der Waals surface area contributed by atoms with Gasteiger partial charge in [0, 0.05) is 0 Å². The molecule has 5 rings (SSSR count). The largest absolute Gasteiger partial charge is 0.467 e. The summed E-state index contributed by atoms with van der Waals surface area (Å²) in [5.74, 6) is -0.723. The Morgan fingerprint density at radius 3 is 2.36 bits per heavy atom. The van der Waals surface area contributed by atoms with Gasteiger partial charge in [0.05, 0.1) is 17.6 Å². The van der Waals surface area contributed by atoms with Crippen LogP contribution in [0.15, 0.2) is 77.4 Å². The van der Waals surface area contributed by atoms with E-state index in [4.69, 9.17) is 9.25 Å². The minimum absolute atomic E-state index is 0.277. The third-order valence-corrected chi connectivity index (χ3v) is 5.22. The van der Waals surface area contributed by atoms with Crippen LogP contribution in [0.2, 0.25) is 0 Å². The second kappa shape index (κ2) is 6.35. The minimum atomic E-state index is -0.886. The molecule has 1 aromatic heterocycles. The highest BCUT2D eigenvalue weighted by Crippen LogP contribution is 2.47. The van der Waals surface area contributed by atoms with Crippen LogP contribution in [0, 0.1) is 12.8 Å². The molecule has 2 fully saturated rings. The average molecular weight is 374 g/mol. The summed E-state index contributed by atoms with van der Waals surface area (Å²) in [6.07, 6.45) is 0.675. The lowest BCUT2D eigenvalue weighted by molar-refractivity contribution is -0.126. The predicted molar refractivity (Wildman–Crippen MR) is 102 cm³/mol. The van der Waals surface area contributed by atoms with Gasteiger partial charge in [0.25, 0.3) is 5.91 Å². The second-order valence-corrected chi connectivity index (χ2v) is 7.02. The molecule has 0 aliphatic carbocycles. The van der Waals surface area contributed by atoms with E-state index in [1.807, 2.05) is 55.5 Å². The molecule has 3 heterocycles. The molecule has 2 aliphatic heterocycles. The summed E-state index contributed by atoms with van der Waals surface area (Å²) in [6.45, 7) is 1.93. The summed E-state index contributed by atoms with van der Waals surface area (Å²) in [6, 6.07) is 19.8. The van der Waals surface area contributed by atoms with Crippen LogP contribution in [0.5, 0.6) is 0 Å². The summed E-state index contributed by atoms with van der Waals surface area (Å²) in [7, 11) is 0. The van der Waals surface area contributed by atoms with Crippen LogP contribution in [0.4, 0.5) is 11.4 Å². The van der Waals surface area contributed by atoms with E-state index in [2.05, 4.69) is 0 Å². The molecule has 6 nitrogen and oxygen atoms in total. The van der Waals surface area contributed by atoms with Crippen molar-refractivity contribution in [3.8, 4) is 0 Å². The third-order valence-electron chi connectivity index (χ3n) is 5.22. The number of furan rings is 1. The SMILES string of the molecule is Cc1cccc(N2C(=O)[C@@H]3[C@H](ON(c4ccccc4)[C@@H]3c3ccco3)C2=O)c1. The molecule has 0 unspecified atom stereocenters. The first-order valence-electron chi connectivity index (χ1n) is 9.14. The fourth-order valence-electron chi connectivity index (χ4n) is 3.98. The highest BCUT2D eigenvalue weighted by Gasteiger charge is 2.61. The summed E-state index contributed by atoms with van der Waals surface area (Å²) in [5.41, 5.74) is 2.31. The van der Waals surface area contributed by atoms with Gasteiger partial charge in [-0.3, -0.25) is 14.4 Å². The van der Waals surface area contributed by atoms with Gasteiger partial charge in [-0.1, -0.05) is 30.3 Å². The van der Waals surface area contributed by atoms with Gasteiger partial charge >= 0.3 is 0 Å². The van der Waals surface area contributed by atoms with Gasteiger partial charge in [-0.05, 0) is 48.9 Å². The molecule has 0 bridgehead atoms. The van der Waals surface area contributed by atoms with E-state index in [1.165, 1.54) is 4.90 Å². The summed E-state index contributed by atoms with van der Waals surface area (Å²) in [4.78, 5) is 33.7. The fourth-order valence-corrected chi connectivity index (χ4v) is 3.98. The van der Waals surface area contributed by atoms with Gasteiger partial charge in [-0.15, -0.1) is 0 Å². The Labute approximate surface area is 161 Å². The number of carbonyl (C=O) groups is 2. The molecule has 0 radical (unpaired) electrons. The summed E-state index contributed by atoms with van der Waals surface area (Å²) >= 11 is 0. The standard InChI is InChI=1S/C22H18N2O4/c1-14-7-5-10-16(13-14)23-21(25)18-19(17-11-6-12-27-17)24(28-20(18)22(23)26)15-8-3-2-4-9-15/h2-13,18-20H,1H3/t18-,19+,20-/m0/s1. The van der Waals surface area contributed by atoms with Crippen molar-refractivity contribution in [3.05, 3.63) is 84.3 Å². The molecule has 3 atom stereocenters. The number of imide groups is 1. The van der Waals surface area contributed by atoms with Gasteiger partial charge in [0.1, 0.15) is 17.7 Å². The van der Waals surface area contributed by atoms with E-state index in [9.17, 15) is 9.59 Å². The number of rotatable bonds is 3. The predicted octanol–water partition coefficient (Wildman–Crippen LogP) is 3.64. The van der Waals surface area contributed by atoms with Crippen LogP contribution < -0.4 is 9.96 Å². The van der Waals surface area contributed by atoms with E-state index < -0.39 is 18.1 Å². The summed E-state index contributed by atoms with van der Waals surface area (Å²) in [5, 5.41) is 1.62. The first-order valence-corrected chi connectivity index (χ1v) is 9.14. The number of nitrogens with zero attached hydrogens (tertiary/aromatic N) is 2. The van der Waals surface area contributed by atoms with Gasteiger partial charge in [-0.25, -0.2) is 9.96 Å². The van der Waals surface area contributed by atoms with E-state index in [-0.39, 0.29) is 11.8 Å². The molecule has 2 aromatic carbocycles. The number of para-hydroxylation sites is 1. The molecule has 0 spiro atoms. The smallest absolute Gasteiger partial charge is 0.266 e. The van der Waals surface area contributed by atoms with Crippen molar-refractivity contribution < 1.29 is 18.8 Å². The number of amides is 2. The maximum Gasteiger partial charge on any atom is 0.266 e. The van der Waals surface area contributed by atoms with Gasteiger partial charge in [0.2, 0.25) is 5.91 Å². The zero-order valence-electron chi connectivity index (χ0n) is 15.2. The van der Waals surface area contributed by atoms with Crippen LogP contribution >= 0.6 is 0 Å². The van der Waals surface area contributed by atoms with Crippen molar-refractivity contribution in [2.24, 2.45) is 5.92 Å².